The maximum absolute atomic E-state index is 3.88. The summed E-state index contributed by atoms with van der Waals surface area (Å²) in [5.41, 5.74) is 1.43. The fourth-order valence-corrected chi connectivity index (χ4v) is 3.73. The Kier molecular flexibility index (Phi) is 5.68. The average Bonchev–Trinajstić information content (AvgIpc) is 2.41. The molecular weight excluding hydrogens is 310 g/mol. The van der Waals surface area contributed by atoms with E-state index >= 15 is 0 Å². The van der Waals surface area contributed by atoms with Crippen LogP contribution in [-0.4, -0.2) is 6.04 Å². The molecule has 20 heavy (non-hydrogen) atoms. The molecule has 2 heteroatoms. The van der Waals surface area contributed by atoms with Crippen LogP contribution < -0.4 is 5.32 Å². The summed E-state index contributed by atoms with van der Waals surface area (Å²) < 4.78 is 1.15. The van der Waals surface area contributed by atoms with Gasteiger partial charge in [-0.3, -0.25) is 0 Å². The second-order valence-electron chi connectivity index (χ2n) is 6.78. The summed E-state index contributed by atoms with van der Waals surface area (Å²) >= 11 is 3.51. The Bertz CT molecular complexity index is 402. The molecule has 1 N–H and O–H groups in total. The smallest absolute Gasteiger partial charge is 0.0379 e. The Morgan fingerprint density at radius 1 is 1.10 bits per heavy atom. The molecule has 0 bridgehead atoms. The summed E-state index contributed by atoms with van der Waals surface area (Å²) in [6, 6.07) is 9.40. The van der Waals surface area contributed by atoms with Crippen LogP contribution >= 0.6 is 15.9 Å². The number of halogens is 1. The molecule has 1 aliphatic rings. The second kappa shape index (κ2) is 7.09. The van der Waals surface area contributed by atoms with Crippen LogP contribution in [0.1, 0.15) is 64.9 Å². The second-order valence-corrected chi connectivity index (χ2v) is 7.70. The molecule has 0 unspecified atom stereocenters. The van der Waals surface area contributed by atoms with Crippen molar-refractivity contribution >= 4 is 15.9 Å². The SMILES string of the molecule is CCCC1CCC(NC(C)(C)c2ccc(Br)cc2)CC1. The normalized spacial score (nSPS) is 23.8. The number of hydrogen-bond donors (Lipinski definition) is 1. The van der Waals surface area contributed by atoms with Gasteiger partial charge in [-0.15, -0.1) is 0 Å². The summed E-state index contributed by atoms with van der Waals surface area (Å²) in [6.07, 6.45) is 8.25. The van der Waals surface area contributed by atoms with Crippen LogP contribution in [0, 0.1) is 5.92 Å². The largest absolute Gasteiger partial charge is 0.305 e. The van der Waals surface area contributed by atoms with E-state index in [4.69, 9.17) is 0 Å². The van der Waals surface area contributed by atoms with Crippen molar-refractivity contribution in [3.05, 3.63) is 34.3 Å². The third-order valence-electron chi connectivity index (χ3n) is 4.67. The Hall–Kier alpha value is -0.340. The predicted molar refractivity (Wildman–Crippen MR) is 91.0 cm³/mol. The molecule has 0 spiro atoms. The van der Waals surface area contributed by atoms with Gasteiger partial charge < -0.3 is 5.32 Å². The molecule has 0 aromatic heterocycles. The molecule has 0 heterocycles. The van der Waals surface area contributed by atoms with Crippen LogP contribution in [0.15, 0.2) is 28.7 Å². The van der Waals surface area contributed by atoms with Crippen molar-refractivity contribution in [2.45, 2.75) is 70.9 Å². The van der Waals surface area contributed by atoms with Gasteiger partial charge in [0.05, 0.1) is 0 Å². The lowest BCUT2D eigenvalue weighted by atomic mass is 9.82. The summed E-state index contributed by atoms with van der Waals surface area (Å²) in [7, 11) is 0. The summed E-state index contributed by atoms with van der Waals surface area (Å²) in [6.45, 7) is 6.91. The van der Waals surface area contributed by atoms with Gasteiger partial charge in [0.2, 0.25) is 0 Å². The molecule has 0 amide bonds. The van der Waals surface area contributed by atoms with Gasteiger partial charge in [-0.05, 0) is 63.1 Å². The minimum absolute atomic E-state index is 0.0585. The van der Waals surface area contributed by atoms with Crippen molar-refractivity contribution in [1.29, 1.82) is 0 Å². The van der Waals surface area contributed by atoms with Crippen LogP contribution in [0.25, 0.3) is 0 Å². The van der Waals surface area contributed by atoms with Crippen LogP contribution in [0.5, 0.6) is 0 Å². The van der Waals surface area contributed by atoms with E-state index < -0.39 is 0 Å². The van der Waals surface area contributed by atoms with E-state index in [1.54, 1.807) is 0 Å². The number of benzene rings is 1. The van der Waals surface area contributed by atoms with Gasteiger partial charge in [0.15, 0.2) is 0 Å². The molecule has 0 saturated heterocycles. The summed E-state index contributed by atoms with van der Waals surface area (Å²) in [5.74, 6) is 0.980. The molecule has 0 radical (unpaired) electrons. The zero-order valence-electron chi connectivity index (χ0n) is 13.1. The number of hydrogen-bond acceptors (Lipinski definition) is 1. The minimum atomic E-state index is 0.0585. The standard InChI is InChI=1S/C18H28BrN/c1-4-5-14-6-12-17(13-7-14)20-18(2,3)15-8-10-16(19)11-9-15/h8-11,14,17,20H,4-7,12-13H2,1-3H3. The summed E-state index contributed by atoms with van der Waals surface area (Å²) in [5, 5.41) is 3.88. The van der Waals surface area contributed by atoms with E-state index in [1.165, 1.54) is 44.1 Å². The van der Waals surface area contributed by atoms with Crippen LogP contribution in [-0.2, 0) is 5.54 Å². The van der Waals surface area contributed by atoms with Gasteiger partial charge in [0.1, 0.15) is 0 Å². The Labute approximate surface area is 132 Å². The van der Waals surface area contributed by atoms with E-state index in [0.717, 1.165) is 10.4 Å². The van der Waals surface area contributed by atoms with Gasteiger partial charge >= 0.3 is 0 Å². The first-order valence-corrected chi connectivity index (χ1v) is 8.84. The third kappa shape index (κ3) is 4.33. The average molecular weight is 338 g/mol. The molecule has 1 saturated carbocycles. The van der Waals surface area contributed by atoms with Gasteiger partial charge in [-0.1, -0.05) is 47.8 Å². The van der Waals surface area contributed by atoms with Crippen LogP contribution in [0.2, 0.25) is 0 Å². The Morgan fingerprint density at radius 3 is 2.25 bits per heavy atom. The molecule has 1 nitrogen and oxygen atoms in total. The Balaban J connectivity index is 1.91. The van der Waals surface area contributed by atoms with Crippen molar-refractivity contribution in [3.63, 3.8) is 0 Å². The highest BCUT2D eigenvalue weighted by Gasteiger charge is 2.27. The van der Waals surface area contributed by atoms with Crippen molar-refractivity contribution in [2.75, 3.05) is 0 Å². The first-order valence-electron chi connectivity index (χ1n) is 8.05. The van der Waals surface area contributed by atoms with Crippen molar-refractivity contribution in [2.24, 2.45) is 5.92 Å². The molecule has 112 valence electrons. The van der Waals surface area contributed by atoms with Crippen molar-refractivity contribution in [3.8, 4) is 0 Å². The first-order chi connectivity index (χ1) is 9.51. The number of nitrogens with one attached hydrogen (secondary N) is 1. The lowest BCUT2D eigenvalue weighted by Crippen LogP contribution is -2.45. The highest BCUT2D eigenvalue weighted by molar-refractivity contribution is 9.10. The van der Waals surface area contributed by atoms with Gasteiger partial charge in [-0.2, -0.15) is 0 Å². The number of rotatable bonds is 5. The molecule has 2 rings (SSSR count). The van der Waals surface area contributed by atoms with Gasteiger partial charge in [0, 0.05) is 16.1 Å². The fourth-order valence-electron chi connectivity index (χ4n) is 3.46. The van der Waals surface area contributed by atoms with Crippen LogP contribution in [0.4, 0.5) is 0 Å². The van der Waals surface area contributed by atoms with Crippen molar-refractivity contribution in [1.82, 2.24) is 5.32 Å². The molecule has 1 aromatic carbocycles. The molecule has 1 aromatic rings. The lowest BCUT2D eigenvalue weighted by Gasteiger charge is -2.36. The predicted octanol–water partition coefficient (Wildman–Crippen LogP) is 5.63. The molecular formula is C18H28BrN. The molecule has 1 fully saturated rings. The zero-order chi connectivity index (χ0) is 14.6. The zero-order valence-corrected chi connectivity index (χ0v) is 14.7. The maximum atomic E-state index is 3.88. The minimum Gasteiger partial charge on any atom is -0.305 e. The highest BCUT2D eigenvalue weighted by atomic mass is 79.9. The quantitative estimate of drug-likeness (QED) is 0.733. The fraction of sp³-hybridized carbons (Fsp3) is 0.667. The maximum Gasteiger partial charge on any atom is 0.0379 e. The van der Waals surface area contributed by atoms with E-state index in [1.807, 2.05) is 0 Å². The first kappa shape index (κ1) is 16.0. The molecule has 0 atom stereocenters. The topological polar surface area (TPSA) is 12.0 Å². The summed E-state index contributed by atoms with van der Waals surface area (Å²) in [4.78, 5) is 0. The molecule has 0 aliphatic heterocycles. The Morgan fingerprint density at radius 2 is 1.70 bits per heavy atom. The van der Waals surface area contributed by atoms with E-state index in [9.17, 15) is 0 Å². The lowest BCUT2D eigenvalue weighted by molar-refractivity contribution is 0.234. The van der Waals surface area contributed by atoms with Gasteiger partial charge in [-0.25, -0.2) is 0 Å². The van der Waals surface area contributed by atoms with Gasteiger partial charge in [0.25, 0.3) is 0 Å². The third-order valence-corrected chi connectivity index (χ3v) is 5.20. The van der Waals surface area contributed by atoms with E-state index in [2.05, 4.69) is 66.3 Å². The highest BCUT2D eigenvalue weighted by Crippen LogP contribution is 2.30. The van der Waals surface area contributed by atoms with E-state index in [-0.39, 0.29) is 5.54 Å². The van der Waals surface area contributed by atoms with Crippen LogP contribution in [0.3, 0.4) is 0 Å². The van der Waals surface area contributed by atoms with Crippen molar-refractivity contribution < 1.29 is 0 Å². The van der Waals surface area contributed by atoms with E-state index in [0.29, 0.717) is 6.04 Å². The molecule has 1 aliphatic carbocycles. The monoisotopic (exact) mass is 337 g/mol.